The van der Waals surface area contributed by atoms with Gasteiger partial charge in [-0.2, -0.15) is 0 Å². The summed E-state index contributed by atoms with van der Waals surface area (Å²) in [5.74, 6) is -2.91. The summed E-state index contributed by atoms with van der Waals surface area (Å²) in [6.45, 7) is 11.4. The fourth-order valence-corrected chi connectivity index (χ4v) is 11.1. The highest BCUT2D eigenvalue weighted by Crippen LogP contribution is 2.44. The first kappa shape index (κ1) is 47.2. The molecule has 0 bridgehead atoms. The van der Waals surface area contributed by atoms with E-state index in [2.05, 4.69) is 20.8 Å². The molecule has 0 radical (unpaired) electrons. The maximum atomic E-state index is 14.5. The predicted octanol–water partition coefficient (Wildman–Crippen LogP) is 7.97. The van der Waals surface area contributed by atoms with Crippen LogP contribution in [0.1, 0.15) is 68.9 Å². The molecule has 2 amide bonds. The largest absolute Gasteiger partial charge is 0.457 e. The van der Waals surface area contributed by atoms with Crippen LogP contribution in [0.4, 0.5) is 5.13 Å². The van der Waals surface area contributed by atoms with Gasteiger partial charge in [0.25, 0.3) is 11.8 Å². The molecule has 0 spiro atoms. The monoisotopic (exact) mass is 952 g/mol. The zero-order valence-corrected chi connectivity index (χ0v) is 40.0. The quantitative estimate of drug-likeness (QED) is 0.0258. The number of hydrogen-bond acceptors (Lipinski definition) is 16. The second-order valence-corrected chi connectivity index (χ2v) is 21.4. The average Bonchev–Trinajstić information content (AvgIpc) is 3.93. The van der Waals surface area contributed by atoms with Crippen LogP contribution >= 0.6 is 46.2 Å². The first-order valence-electron chi connectivity index (χ1n) is 20.5. The summed E-state index contributed by atoms with van der Waals surface area (Å²) in [7, 11) is 0. The molecule has 2 aliphatic heterocycles. The number of ether oxygens (including phenoxy) is 3. The Morgan fingerprint density at radius 1 is 0.862 bits per heavy atom. The molecular weight excluding hydrogens is 905 g/mol. The van der Waals surface area contributed by atoms with E-state index in [-0.39, 0.29) is 17.0 Å². The molecular formula is C47H48N6O8S4. The number of fused-ring (bicyclic) bond motifs is 1. The van der Waals surface area contributed by atoms with E-state index in [0.29, 0.717) is 26.6 Å². The van der Waals surface area contributed by atoms with E-state index < -0.39 is 64.5 Å². The number of thioether (sulfide) groups is 2. The Balaban J connectivity index is 1.18. The maximum Gasteiger partial charge on any atom is 0.357 e. The van der Waals surface area contributed by atoms with Crippen molar-refractivity contribution in [2.75, 3.05) is 23.6 Å². The first-order chi connectivity index (χ1) is 30.9. The number of thiazole rings is 1. The number of aryl methyl sites for hydroxylation is 1. The van der Waals surface area contributed by atoms with E-state index >= 15 is 0 Å². The molecule has 14 nitrogen and oxygen atoms in total. The third kappa shape index (κ3) is 10.8. The second kappa shape index (κ2) is 19.7. The molecule has 2 atom stereocenters. The molecule has 2 aliphatic rings. The van der Waals surface area contributed by atoms with E-state index in [4.69, 9.17) is 19.2 Å². The fourth-order valence-electron chi connectivity index (χ4n) is 7.01. The lowest BCUT2D eigenvalue weighted by Gasteiger charge is -2.49. The summed E-state index contributed by atoms with van der Waals surface area (Å²) in [5, 5.41) is 17.0. The fraction of sp³-hybridized carbons (Fsp3) is 0.319. The van der Waals surface area contributed by atoms with E-state index in [1.54, 1.807) is 46.9 Å². The number of nitrogens with one attached hydrogen (secondary N) is 2. The van der Waals surface area contributed by atoms with E-state index in [1.165, 1.54) is 51.1 Å². The summed E-state index contributed by atoms with van der Waals surface area (Å²) in [4.78, 5) is 74.4. The predicted molar refractivity (Wildman–Crippen MR) is 253 cm³/mol. The number of aromatic nitrogens is 3. The number of hydrogen-bond donors (Lipinski definition) is 2. The van der Waals surface area contributed by atoms with Crippen LogP contribution < -0.4 is 10.6 Å². The number of amides is 2. The van der Waals surface area contributed by atoms with Gasteiger partial charge in [0.15, 0.2) is 9.47 Å². The summed E-state index contributed by atoms with van der Waals surface area (Å²) in [5.41, 5.74) is 0.835. The lowest BCUT2D eigenvalue weighted by Crippen LogP contribution is -2.70. The number of anilines is 1. The normalized spacial score (nSPS) is 16.6. The minimum atomic E-state index is -1.09. The third-order valence-corrected chi connectivity index (χ3v) is 14.2. The molecule has 4 heterocycles. The summed E-state index contributed by atoms with van der Waals surface area (Å²) in [6, 6.07) is 28.8. The molecule has 2 unspecified atom stereocenters. The number of β-lactam (4-membered cyclic amide) rings is 1. The van der Waals surface area contributed by atoms with Crippen molar-refractivity contribution in [3.05, 3.63) is 141 Å². The van der Waals surface area contributed by atoms with Gasteiger partial charge in [-0.25, -0.2) is 14.6 Å². The van der Waals surface area contributed by atoms with Crippen LogP contribution in [0.25, 0.3) is 5.57 Å². The van der Waals surface area contributed by atoms with E-state index in [1.807, 2.05) is 97.9 Å². The van der Waals surface area contributed by atoms with Crippen molar-refractivity contribution in [2.45, 2.75) is 75.4 Å². The highest BCUT2D eigenvalue weighted by molar-refractivity contribution is 8.01. The van der Waals surface area contributed by atoms with Crippen molar-refractivity contribution in [3.63, 3.8) is 0 Å². The van der Waals surface area contributed by atoms with Crippen molar-refractivity contribution >= 4 is 86.6 Å². The minimum absolute atomic E-state index is 0.00302. The van der Waals surface area contributed by atoms with Gasteiger partial charge in [-0.15, -0.1) is 33.3 Å². The molecule has 2 aromatic heterocycles. The third-order valence-electron chi connectivity index (χ3n) is 10.0. The summed E-state index contributed by atoms with van der Waals surface area (Å²) in [6.07, 6.45) is 1.08. The summed E-state index contributed by atoms with van der Waals surface area (Å²) < 4.78 is 16.9. The molecule has 3 aromatic carbocycles. The molecule has 0 saturated carbocycles. The molecule has 5 aromatic rings. The van der Waals surface area contributed by atoms with Crippen LogP contribution in [0.3, 0.4) is 0 Å². The van der Waals surface area contributed by atoms with Crippen molar-refractivity contribution in [2.24, 2.45) is 5.41 Å². The topological polar surface area (TPSA) is 179 Å². The lowest BCUT2D eigenvalue weighted by atomic mass is 9.77. The smallest absolute Gasteiger partial charge is 0.357 e. The van der Waals surface area contributed by atoms with Gasteiger partial charge in [0.2, 0.25) is 6.79 Å². The van der Waals surface area contributed by atoms with Crippen molar-refractivity contribution in [1.82, 2.24) is 25.4 Å². The molecule has 2 N–H and O–H groups in total. The Morgan fingerprint density at radius 2 is 1.46 bits per heavy atom. The number of benzene rings is 3. The SMILES string of the molecule is Cc1nnc(SCC2=C(C(=O)OCOC(=O)C(C)(C)C)N3C(=O)C(NC(=O)/C(=C\C(=O)OC(C)(C)C)c4csc(NC(c5ccccc5)(c5ccccc5)c5ccccc5)n4)C3SC2)s1. The van der Waals surface area contributed by atoms with Crippen molar-refractivity contribution < 1.29 is 38.2 Å². The number of carbonyl (C=O) groups is 5. The van der Waals surface area contributed by atoms with Crippen LogP contribution in [0.5, 0.6) is 0 Å². The Bertz CT molecular complexity index is 2520. The number of esters is 3. The van der Waals surface area contributed by atoms with Gasteiger partial charge >= 0.3 is 17.9 Å². The van der Waals surface area contributed by atoms with Gasteiger partial charge in [-0.1, -0.05) is 114 Å². The van der Waals surface area contributed by atoms with Gasteiger partial charge in [-0.3, -0.25) is 19.3 Å². The van der Waals surface area contributed by atoms with Crippen molar-refractivity contribution in [1.29, 1.82) is 0 Å². The molecule has 18 heteroatoms. The number of rotatable bonds is 15. The molecule has 7 rings (SSSR count). The Labute approximate surface area is 393 Å². The zero-order chi connectivity index (χ0) is 46.5. The van der Waals surface area contributed by atoms with Gasteiger partial charge < -0.3 is 24.8 Å². The molecule has 338 valence electrons. The van der Waals surface area contributed by atoms with Crippen molar-refractivity contribution in [3.8, 4) is 0 Å². The van der Waals surface area contributed by atoms with Crippen LogP contribution in [-0.2, 0) is 43.7 Å². The Kier molecular flexibility index (Phi) is 14.3. The summed E-state index contributed by atoms with van der Waals surface area (Å²) >= 11 is 5.37. The Hall–Kier alpha value is -5.82. The molecule has 1 fully saturated rings. The first-order valence-corrected chi connectivity index (χ1v) is 24.3. The molecule has 65 heavy (non-hydrogen) atoms. The average molecular weight is 953 g/mol. The highest BCUT2D eigenvalue weighted by atomic mass is 32.2. The zero-order valence-electron chi connectivity index (χ0n) is 36.8. The van der Waals surface area contributed by atoms with Gasteiger partial charge in [0.1, 0.15) is 33.3 Å². The molecule has 0 aliphatic carbocycles. The van der Waals surface area contributed by atoms with Crippen LogP contribution in [-0.4, -0.2) is 85.1 Å². The maximum absolute atomic E-state index is 14.5. The van der Waals surface area contributed by atoms with Crippen LogP contribution in [0.2, 0.25) is 0 Å². The van der Waals surface area contributed by atoms with E-state index in [0.717, 1.165) is 27.8 Å². The number of carbonyl (C=O) groups excluding carboxylic acids is 5. The van der Waals surface area contributed by atoms with Gasteiger partial charge in [0, 0.05) is 23.0 Å². The second-order valence-electron chi connectivity index (χ2n) is 17.0. The minimum Gasteiger partial charge on any atom is -0.457 e. The van der Waals surface area contributed by atoms with Gasteiger partial charge in [0.05, 0.1) is 16.7 Å². The van der Waals surface area contributed by atoms with Crippen LogP contribution in [0, 0.1) is 12.3 Å². The molecule has 1 saturated heterocycles. The van der Waals surface area contributed by atoms with E-state index in [9.17, 15) is 24.0 Å². The highest BCUT2D eigenvalue weighted by Gasteiger charge is 2.55. The van der Waals surface area contributed by atoms with Gasteiger partial charge in [-0.05, 0) is 70.7 Å². The lowest BCUT2D eigenvalue weighted by molar-refractivity contribution is -0.173. The van der Waals surface area contributed by atoms with Crippen LogP contribution in [0.15, 0.2) is 118 Å². The Morgan fingerprint density at radius 3 is 2.00 bits per heavy atom. The number of nitrogens with zero attached hydrogens (tertiary/aromatic N) is 4. The standard InChI is InChI=1S/C47H48N6O8S4/c1-28-51-52-44(65-28)64-25-29-24-62-40-36(39(56)53(40)37(29)41(57)59-27-60-42(58)45(2,3)4)49-38(55)33(23-35(54)61-46(5,6)7)34-26-63-43(48-34)50-47(30-17-11-8-12-18-30,31-19-13-9-14-20-31)32-21-15-10-16-22-32/h8-23,26,36,40H,24-25,27H2,1-7H3,(H,48,50)(H,49,55)/b33-23-.